The van der Waals surface area contributed by atoms with E-state index in [0.29, 0.717) is 0 Å². The maximum absolute atomic E-state index is 11.3. The maximum atomic E-state index is 11.3. The van der Waals surface area contributed by atoms with Crippen LogP contribution in [-0.2, 0) is 9.53 Å². The predicted molar refractivity (Wildman–Crippen MR) is 72.6 cm³/mol. The summed E-state index contributed by atoms with van der Waals surface area (Å²) in [5.74, 6) is 5.62. The summed E-state index contributed by atoms with van der Waals surface area (Å²) in [5, 5.41) is 8.10. The van der Waals surface area contributed by atoms with Gasteiger partial charge in [0, 0.05) is 5.75 Å². The summed E-state index contributed by atoms with van der Waals surface area (Å²) in [6, 6.07) is 0. The molecule has 0 spiro atoms. The number of rotatable bonds is 5. The maximum Gasteiger partial charge on any atom is 0.263 e. The highest BCUT2D eigenvalue weighted by atomic mass is 32.2. The van der Waals surface area contributed by atoms with Gasteiger partial charge in [-0.3, -0.25) is 10.2 Å². The third-order valence-corrected chi connectivity index (χ3v) is 5.66. The van der Waals surface area contributed by atoms with E-state index < -0.39 is 6.10 Å². The summed E-state index contributed by atoms with van der Waals surface area (Å²) in [7, 11) is 0. The van der Waals surface area contributed by atoms with Crippen LogP contribution in [0.15, 0.2) is 8.68 Å². The van der Waals surface area contributed by atoms with Crippen molar-refractivity contribution >= 4 is 40.8 Å². The second kappa shape index (κ2) is 6.71. The van der Waals surface area contributed by atoms with E-state index in [-0.39, 0.29) is 12.0 Å². The molecular weight excluding hydrogens is 292 g/mol. The SMILES string of the molecule is CSc1nnc(SCC2CCC(C(=O)NN)O2)s1. The van der Waals surface area contributed by atoms with Crippen molar-refractivity contribution in [2.75, 3.05) is 12.0 Å². The zero-order valence-corrected chi connectivity index (χ0v) is 12.2. The highest BCUT2D eigenvalue weighted by Gasteiger charge is 2.30. The van der Waals surface area contributed by atoms with Gasteiger partial charge in [-0.25, -0.2) is 5.84 Å². The Morgan fingerprint density at radius 2 is 2.33 bits per heavy atom. The fourth-order valence-electron chi connectivity index (χ4n) is 1.62. The molecule has 6 nitrogen and oxygen atoms in total. The summed E-state index contributed by atoms with van der Waals surface area (Å²) in [6.45, 7) is 0. The Balaban J connectivity index is 1.76. The molecule has 1 fully saturated rings. The summed E-state index contributed by atoms with van der Waals surface area (Å²) in [4.78, 5) is 11.3. The number of thioether (sulfide) groups is 2. The molecule has 100 valence electrons. The number of carbonyl (C=O) groups is 1. The van der Waals surface area contributed by atoms with Crippen molar-refractivity contribution in [1.29, 1.82) is 0 Å². The molecule has 0 aromatic carbocycles. The number of hydrazine groups is 1. The van der Waals surface area contributed by atoms with E-state index in [2.05, 4.69) is 15.6 Å². The van der Waals surface area contributed by atoms with Crippen LogP contribution in [0.3, 0.4) is 0 Å². The van der Waals surface area contributed by atoms with Crippen molar-refractivity contribution in [1.82, 2.24) is 15.6 Å². The van der Waals surface area contributed by atoms with Gasteiger partial charge in [-0.2, -0.15) is 0 Å². The molecule has 1 aliphatic heterocycles. The zero-order valence-electron chi connectivity index (χ0n) is 9.79. The monoisotopic (exact) mass is 306 g/mol. The molecule has 0 saturated carbocycles. The molecule has 0 aliphatic carbocycles. The van der Waals surface area contributed by atoms with E-state index in [1.54, 1.807) is 34.9 Å². The van der Waals surface area contributed by atoms with E-state index in [4.69, 9.17) is 10.6 Å². The van der Waals surface area contributed by atoms with Crippen LogP contribution in [0.2, 0.25) is 0 Å². The Bertz CT molecular complexity index is 414. The number of hydrogen-bond acceptors (Lipinski definition) is 8. The number of ether oxygens (including phenoxy) is 1. The third kappa shape index (κ3) is 3.58. The Morgan fingerprint density at radius 3 is 3.00 bits per heavy atom. The van der Waals surface area contributed by atoms with Crippen LogP contribution < -0.4 is 11.3 Å². The Labute approximate surface area is 117 Å². The minimum atomic E-state index is -0.406. The molecule has 1 amide bonds. The number of carbonyl (C=O) groups excluding carboxylic acids is 1. The van der Waals surface area contributed by atoms with Gasteiger partial charge in [0.1, 0.15) is 6.10 Å². The number of nitrogens with zero attached hydrogens (tertiary/aromatic N) is 2. The minimum absolute atomic E-state index is 0.0823. The van der Waals surface area contributed by atoms with E-state index in [1.807, 2.05) is 6.26 Å². The first kappa shape index (κ1) is 14.1. The highest BCUT2D eigenvalue weighted by molar-refractivity contribution is 8.03. The number of nitrogens with one attached hydrogen (secondary N) is 1. The van der Waals surface area contributed by atoms with Gasteiger partial charge in [0.05, 0.1) is 6.10 Å². The van der Waals surface area contributed by atoms with Gasteiger partial charge < -0.3 is 4.74 Å². The fourth-order valence-corrected chi connectivity index (χ4v) is 4.13. The third-order valence-electron chi connectivity index (χ3n) is 2.50. The van der Waals surface area contributed by atoms with Crippen LogP contribution in [0.25, 0.3) is 0 Å². The molecule has 0 radical (unpaired) electrons. The lowest BCUT2D eigenvalue weighted by molar-refractivity contribution is -0.131. The number of hydrogen-bond donors (Lipinski definition) is 2. The number of amides is 1. The first-order chi connectivity index (χ1) is 8.72. The molecule has 9 heteroatoms. The van der Waals surface area contributed by atoms with Crippen LogP contribution in [0, 0.1) is 0 Å². The van der Waals surface area contributed by atoms with Crippen molar-refractivity contribution in [3.8, 4) is 0 Å². The average Bonchev–Trinajstić information content (AvgIpc) is 3.04. The quantitative estimate of drug-likeness (QED) is 0.361. The van der Waals surface area contributed by atoms with Crippen molar-refractivity contribution in [2.24, 2.45) is 5.84 Å². The van der Waals surface area contributed by atoms with Crippen LogP contribution >= 0.6 is 34.9 Å². The standard InChI is InChI=1S/C9H14N4O2S3/c1-16-8-12-13-9(18-8)17-4-5-2-3-6(15-5)7(14)11-10/h5-6H,2-4,10H2,1H3,(H,11,14). The summed E-state index contributed by atoms with van der Waals surface area (Å²) >= 11 is 4.78. The van der Waals surface area contributed by atoms with Gasteiger partial charge >= 0.3 is 0 Å². The summed E-state index contributed by atoms with van der Waals surface area (Å²) < 4.78 is 7.51. The van der Waals surface area contributed by atoms with Gasteiger partial charge in [0.15, 0.2) is 8.68 Å². The van der Waals surface area contributed by atoms with Crippen molar-refractivity contribution in [3.63, 3.8) is 0 Å². The molecule has 2 atom stereocenters. The second-order valence-corrected chi connectivity index (χ2v) is 6.98. The average molecular weight is 306 g/mol. The van der Waals surface area contributed by atoms with Crippen molar-refractivity contribution in [3.05, 3.63) is 0 Å². The molecule has 1 saturated heterocycles. The molecule has 2 heterocycles. The molecule has 1 aromatic heterocycles. The topological polar surface area (TPSA) is 90.1 Å². The lowest BCUT2D eigenvalue weighted by Gasteiger charge is -2.11. The van der Waals surface area contributed by atoms with Crippen LogP contribution in [0.1, 0.15) is 12.8 Å². The number of nitrogens with two attached hydrogens (primary N) is 1. The summed E-state index contributed by atoms with van der Waals surface area (Å²) in [6.07, 6.45) is 3.25. The van der Waals surface area contributed by atoms with Crippen molar-refractivity contribution < 1.29 is 9.53 Å². The summed E-state index contributed by atoms with van der Waals surface area (Å²) in [5.41, 5.74) is 2.12. The predicted octanol–water partition coefficient (Wildman–Crippen LogP) is 0.890. The number of aromatic nitrogens is 2. The molecule has 1 aromatic rings. The molecule has 2 rings (SSSR count). The molecule has 18 heavy (non-hydrogen) atoms. The first-order valence-electron chi connectivity index (χ1n) is 5.39. The van der Waals surface area contributed by atoms with E-state index >= 15 is 0 Å². The van der Waals surface area contributed by atoms with Crippen LogP contribution in [0.5, 0.6) is 0 Å². The molecule has 0 bridgehead atoms. The molecule has 2 unspecified atom stereocenters. The smallest absolute Gasteiger partial charge is 0.263 e. The first-order valence-corrected chi connectivity index (χ1v) is 8.42. The largest absolute Gasteiger partial charge is 0.364 e. The van der Waals surface area contributed by atoms with E-state index in [1.165, 1.54) is 0 Å². The van der Waals surface area contributed by atoms with Crippen LogP contribution in [-0.4, -0.2) is 40.3 Å². The van der Waals surface area contributed by atoms with E-state index in [9.17, 15) is 4.79 Å². The van der Waals surface area contributed by atoms with Crippen molar-refractivity contribution in [2.45, 2.75) is 33.7 Å². The van der Waals surface area contributed by atoms with Crippen LogP contribution in [0.4, 0.5) is 0 Å². The highest BCUT2D eigenvalue weighted by Crippen LogP contribution is 2.30. The van der Waals surface area contributed by atoms with Gasteiger partial charge in [-0.15, -0.1) is 10.2 Å². The van der Waals surface area contributed by atoms with Gasteiger partial charge in [-0.05, 0) is 19.1 Å². The second-order valence-electron chi connectivity index (χ2n) is 3.68. The van der Waals surface area contributed by atoms with Gasteiger partial charge in [0.25, 0.3) is 5.91 Å². The fraction of sp³-hybridized carbons (Fsp3) is 0.667. The normalized spacial score (nSPS) is 23.2. The van der Waals surface area contributed by atoms with Gasteiger partial charge in [0.2, 0.25) is 0 Å². The Kier molecular flexibility index (Phi) is 5.25. The Morgan fingerprint density at radius 1 is 1.56 bits per heavy atom. The minimum Gasteiger partial charge on any atom is -0.364 e. The molecular formula is C9H14N4O2S3. The van der Waals surface area contributed by atoms with E-state index in [0.717, 1.165) is 27.3 Å². The lowest BCUT2D eigenvalue weighted by Crippen LogP contribution is -2.39. The Hall–Kier alpha value is -0.350. The zero-order chi connectivity index (χ0) is 13.0. The molecule has 3 N–H and O–H groups in total. The van der Waals surface area contributed by atoms with Gasteiger partial charge in [-0.1, -0.05) is 34.9 Å². The molecule has 1 aliphatic rings. The lowest BCUT2D eigenvalue weighted by atomic mass is 10.2.